The van der Waals surface area contributed by atoms with Crippen molar-refractivity contribution in [1.29, 1.82) is 0 Å². The Morgan fingerprint density at radius 1 is 1.29 bits per heavy atom. The van der Waals surface area contributed by atoms with E-state index in [1.807, 2.05) is 0 Å². The van der Waals surface area contributed by atoms with Gasteiger partial charge in [-0.15, -0.1) is 5.11 Å². The highest BCUT2D eigenvalue weighted by Crippen LogP contribution is 2.28. The number of benzene rings is 1. The molecule has 1 N–H and O–H groups in total. The van der Waals surface area contributed by atoms with Gasteiger partial charge in [-0.2, -0.15) is 18.3 Å². The number of hydrogen-bond acceptors (Lipinski definition) is 5. The van der Waals surface area contributed by atoms with Crippen LogP contribution in [0.1, 0.15) is 6.92 Å². The van der Waals surface area contributed by atoms with Crippen molar-refractivity contribution in [2.45, 2.75) is 13.1 Å². The van der Waals surface area contributed by atoms with Crippen molar-refractivity contribution in [3.63, 3.8) is 0 Å². The molecule has 0 aromatic heterocycles. The highest BCUT2D eigenvalue weighted by Gasteiger charge is 2.39. The quantitative estimate of drug-likeness (QED) is 0.302. The highest BCUT2D eigenvalue weighted by molar-refractivity contribution is 5.88. The number of azo groups is 1. The number of rotatable bonds is 4. The van der Waals surface area contributed by atoms with Crippen LogP contribution in [-0.4, -0.2) is 23.9 Å². The van der Waals surface area contributed by atoms with Crippen molar-refractivity contribution < 1.29 is 32.2 Å². The number of nitrogens with zero attached hydrogens (tertiary/aromatic N) is 2. The number of alkyl halides is 3. The fraction of sp³-hybridized carbons (Fsp3) is 0.250. The summed E-state index contributed by atoms with van der Waals surface area (Å²) >= 11 is 0. The largest absolute Gasteiger partial charge is 0.502 e. The number of carbonyl (C=O) groups excluding carboxylic acids is 1. The van der Waals surface area contributed by atoms with Crippen LogP contribution >= 0.6 is 0 Å². The second-order valence-corrected chi connectivity index (χ2v) is 3.59. The Morgan fingerprint density at radius 2 is 1.86 bits per heavy atom. The number of esters is 1. The van der Waals surface area contributed by atoms with Gasteiger partial charge in [0, 0.05) is 0 Å². The molecule has 0 radical (unpaired) electrons. The second-order valence-electron chi connectivity index (χ2n) is 3.59. The number of halogens is 4. The summed E-state index contributed by atoms with van der Waals surface area (Å²) in [5, 5.41) is 15.4. The van der Waals surface area contributed by atoms with Crippen LogP contribution in [-0.2, 0) is 9.53 Å². The highest BCUT2D eigenvalue weighted by atomic mass is 19.4. The molecule has 0 saturated heterocycles. The van der Waals surface area contributed by atoms with Gasteiger partial charge in [0.2, 0.25) is 11.5 Å². The minimum atomic E-state index is -5.18. The van der Waals surface area contributed by atoms with E-state index < -0.39 is 29.4 Å². The van der Waals surface area contributed by atoms with E-state index in [9.17, 15) is 22.4 Å². The van der Waals surface area contributed by atoms with E-state index in [1.165, 1.54) is 6.92 Å². The van der Waals surface area contributed by atoms with Crippen molar-refractivity contribution in [2.24, 2.45) is 10.2 Å². The lowest BCUT2D eigenvalue weighted by atomic mass is 10.3. The van der Waals surface area contributed by atoms with Crippen LogP contribution in [0.5, 0.6) is 0 Å². The summed E-state index contributed by atoms with van der Waals surface area (Å²) in [6, 6.07) is 4.27. The van der Waals surface area contributed by atoms with Gasteiger partial charge in [0.05, 0.1) is 12.3 Å². The first-order chi connectivity index (χ1) is 9.75. The molecule has 0 unspecified atom stereocenters. The molecule has 21 heavy (non-hydrogen) atoms. The maximum absolute atomic E-state index is 12.7. The van der Waals surface area contributed by atoms with Gasteiger partial charge in [-0.3, -0.25) is 0 Å². The van der Waals surface area contributed by atoms with Crippen molar-refractivity contribution in [1.82, 2.24) is 0 Å². The lowest BCUT2D eigenvalue weighted by Crippen LogP contribution is -2.18. The molecule has 1 rings (SSSR count). The van der Waals surface area contributed by atoms with E-state index in [1.54, 1.807) is 0 Å². The maximum Gasteiger partial charge on any atom is 0.451 e. The molecule has 0 amide bonds. The van der Waals surface area contributed by atoms with Gasteiger partial charge in [0.1, 0.15) is 5.82 Å². The predicted molar refractivity (Wildman–Crippen MR) is 63.3 cm³/mol. The van der Waals surface area contributed by atoms with Crippen LogP contribution < -0.4 is 0 Å². The summed E-state index contributed by atoms with van der Waals surface area (Å²) < 4.78 is 54.2. The molecular weight excluding hydrogens is 296 g/mol. The van der Waals surface area contributed by atoms with Crippen LogP contribution in [0.2, 0.25) is 0 Å². The summed E-state index contributed by atoms with van der Waals surface area (Å²) in [6.07, 6.45) is -5.18. The van der Waals surface area contributed by atoms with Gasteiger partial charge >= 0.3 is 12.1 Å². The molecule has 0 bridgehead atoms. The average Bonchev–Trinajstić information content (AvgIpc) is 2.40. The first kappa shape index (κ1) is 16.6. The molecule has 0 fully saturated rings. The Kier molecular flexibility index (Phi) is 5.39. The average molecular weight is 306 g/mol. The number of allylic oxidation sites excluding steroid dienone is 1. The maximum atomic E-state index is 12.7. The molecule has 114 valence electrons. The zero-order chi connectivity index (χ0) is 16.0. The van der Waals surface area contributed by atoms with Gasteiger partial charge < -0.3 is 9.84 Å². The van der Waals surface area contributed by atoms with Crippen molar-refractivity contribution in [3.8, 4) is 0 Å². The molecule has 0 aliphatic rings. The van der Waals surface area contributed by atoms with E-state index >= 15 is 0 Å². The van der Waals surface area contributed by atoms with Crippen LogP contribution in [0.4, 0.5) is 23.2 Å². The smallest absolute Gasteiger partial charge is 0.451 e. The summed E-state index contributed by atoms with van der Waals surface area (Å²) in [7, 11) is 0. The normalized spacial score (nSPS) is 13.2. The SMILES string of the molecule is CCOC(=O)/C(N=Nc1ccc(F)cc1)=C(/O)C(F)(F)F. The molecular formula is C12H10F4N2O3. The van der Waals surface area contributed by atoms with E-state index in [0.29, 0.717) is 0 Å². The van der Waals surface area contributed by atoms with Gasteiger partial charge in [-0.05, 0) is 31.2 Å². The van der Waals surface area contributed by atoms with E-state index in [-0.39, 0.29) is 12.3 Å². The molecule has 0 saturated carbocycles. The molecule has 0 aliphatic heterocycles. The molecule has 0 atom stereocenters. The number of hydrogen-bond donors (Lipinski definition) is 1. The van der Waals surface area contributed by atoms with E-state index in [2.05, 4.69) is 15.0 Å². The Balaban J connectivity index is 3.14. The number of aliphatic hydroxyl groups excluding tert-OH is 1. The van der Waals surface area contributed by atoms with Crippen molar-refractivity contribution in [3.05, 3.63) is 41.5 Å². The van der Waals surface area contributed by atoms with E-state index in [0.717, 1.165) is 24.3 Å². The second kappa shape index (κ2) is 6.82. The van der Waals surface area contributed by atoms with Crippen molar-refractivity contribution >= 4 is 11.7 Å². The Morgan fingerprint density at radius 3 is 2.33 bits per heavy atom. The zero-order valence-corrected chi connectivity index (χ0v) is 10.7. The van der Waals surface area contributed by atoms with E-state index in [4.69, 9.17) is 5.11 Å². The van der Waals surface area contributed by atoms with Crippen LogP contribution in [0.15, 0.2) is 46.0 Å². The van der Waals surface area contributed by atoms with Gasteiger partial charge in [0.15, 0.2) is 0 Å². The number of aliphatic hydroxyl groups is 1. The molecule has 1 aromatic carbocycles. The lowest BCUT2D eigenvalue weighted by molar-refractivity contribution is -0.143. The third-order valence-corrected chi connectivity index (χ3v) is 2.05. The lowest BCUT2D eigenvalue weighted by Gasteiger charge is -2.08. The number of carbonyl (C=O) groups is 1. The van der Waals surface area contributed by atoms with Crippen molar-refractivity contribution in [2.75, 3.05) is 6.61 Å². The first-order valence-corrected chi connectivity index (χ1v) is 5.60. The molecule has 9 heteroatoms. The fourth-order valence-electron chi connectivity index (χ4n) is 1.13. The van der Waals surface area contributed by atoms with Crippen LogP contribution in [0.3, 0.4) is 0 Å². The van der Waals surface area contributed by atoms with Gasteiger partial charge in [0.25, 0.3) is 0 Å². The zero-order valence-electron chi connectivity index (χ0n) is 10.7. The predicted octanol–water partition coefficient (Wildman–Crippen LogP) is 3.80. The van der Waals surface area contributed by atoms with Gasteiger partial charge in [-0.25, -0.2) is 9.18 Å². The summed E-state index contributed by atoms with van der Waals surface area (Å²) in [4.78, 5) is 11.4. The Labute approximate surface area is 116 Å². The first-order valence-electron chi connectivity index (χ1n) is 5.60. The molecule has 5 nitrogen and oxygen atoms in total. The van der Waals surface area contributed by atoms with Crippen LogP contribution in [0, 0.1) is 5.82 Å². The minimum absolute atomic E-state index is 0.00632. The fourth-order valence-corrected chi connectivity index (χ4v) is 1.13. The third kappa shape index (κ3) is 4.86. The number of ether oxygens (including phenoxy) is 1. The van der Waals surface area contributed by atoms with Gasteiger partial charge in [-0.1, -0.05) is 0 Å². The molecule has 0 spiro atoms. The summed E-state index contributed by atoms with van der Waals surface area (Å²) in [6.45, 7) is 1.16. The minimum Gasteiger partial charge on any atom is -0.502 e. The standard InChI is InChI=1S/C12H10F4N2O3/c1-2-21-11(20)9(10(19)12(14,15)16)18-17-8-5-3-7(13)4-6-8/h3-6,19H,2H2,1H3/b10-9-,18-17?. The molecule has 1 aromatic rings. The Bertz CT molecular complexity index is 565. The topological polar surface area (TPSA) is 71.2 Å². The third-order valence-electron chi connectivity index (χ3n) is 2.05. The summed E-state index contributed by atoms with van der Waals surface area (Å²) in [5.74, 6) is -4.27. The monoisotopic (exact) mass is 306 g/mol. The summed E-state index contributed by atoms with van der Waals surface area (Å²) in [5.41, 5.74) is -1.39. The van der Waals surface area contributed by atoms with Crippen LogP contribution in [0.25, 0.3) is 0 Å². The Hall–Kier alpha value is -2.45. The molecule has 0 heterocycles. The molecule has 0 aliphatic carbocycles.